The number of halogens is 1. The first-order chi connectivity index (χ1) is 10.6. The standard InChI is InChI=1S/C16H23N3O3.ClH/c1-11(16(21)18-9-14(17)12-7-8-12)19-15(20)10-22-13-5-3-2-4-6-13;/h2-6,11-12,14H,7-10,17H2,1H3,(H,18,21)(H,19,20);1H. The second-order valence-electron chi connectivity index (χ2n) is 5.64. The van der Waals surface area contributed by atoms with Crippen molar-refractivity contribution in [2.75, 3.05) is 13.2 Å². The van der Waals surface area contributed by atoms with Gasteiger partial charge < -0.3 is 21.1 Å². The summed E-state index contributed by atoms with van der Waals surface area (Å²) < 4.78 is 5.32. The van der Waals surface area contributed by atoms with Crippen LogP contribution in [0.15, 0.2) is 30.3 Å². The molecule has 6 nitrogen and oxygen atoms in total. The molecule has 0 bridgehead atoms. The summed E-state index contributed by atoms with van der Waals surface area (Å²) in [7, 11) is 0. The molecule has 2 atom stereocenters. The molecule has 0 aromatic heterocycles. The van der Waals surface area contributed by atoms with E-state index in [2.05, 4.69) is 10.6 Å². The third kappa shape index (κ3) is 6.88. The van der Waals surface area contributed by atoms with E-state index in [1.807, 2.05) is 18.2 Å². The fourth-order valence-corrected chi connectivity index (χ4v) is 2.08. The Balaban J connectivity index is 0.00000264. The Morgan fingerprint density at radius 1 is 1.30 bits per heavy atom. The van der Waals surface area contributed by atoms with Gasteiger partial charge in [0.1, 0.15) is 11.8 Å². The highest BCUT2D eigenvalue weighted by Gasteiger charge is 2.28. The highest BCUT2D eigenvalue weighted by Crippen LogP contribution is 2.31. The smallest absolute Gasteiger partial charge is 0.258 e. The van der Waals surface area contributed by atoms with Crippen molar-refractivity contribution in [3.8, 4) is 5.75 Å². The van der Waals surface area contributed by atoms with E-state index in [0.717, 1.165) is 12.8 Å². The number of carbonyl (C=O) groups is 2. The molecule has 0 saturated heterocycles. The molecule has 0 spiro atoms. The predicted octanol–water partition coefficient (Wildman–Crippen LogP) is 0.845. The number of para-hydroxylation sites is 1. The largest absolute Gasteiger partial charge is 0.484 e. The maximum absolute atomic E-state index is 11.9. The number of benzene rings is 1. The van der Waals surface area contributed by atoms with Gasteiger partial charge in [-0.3, -0.25) is 9.59 Å². The topological polar surface area (TPSA) is 93.4 Å². The first kappa shape index (κ1) is 19.3. The summed E-state index contributed by atoms with van der Waals surface area (Å²) >= 11 is 0. The van der Waals surface area contributed by atoms with Crippen molar-refractivity contribution in [2.24, 2.45) is 11.7 Å². The molecule has 23 heavy (non-hydrogen) atoms. The Morgan fingerprint density at radius 3 is 2.57 bits per heavy atom. The van der Waals surface area contributed by atoms with Gasteiger partial charge in [0.05, 0.1) is 0 Å². The van der Waals surface area contributed by atoms with Gasteiger partial charge in [-0.25, -0.2) is 0 Å². The van der Waals surface area contributed by atoms with E-state index < -0.39 is 6.04 Å². The number of ether oxygens (including phenoxy) is 1. The maximum atomic E-state index is 11.9. The molecule has 0 heterocycles. The van der Waals surface area contributed by atoms with Gasteiger partial charge in [-0.2, -0.15) is 0 Å². The fourth-order valence-electron chi connectivity index (χ4n) is 2.08. The van der Waals surface area contributed by atoms with E-state index in [0.29, 0.717) is 18.2 Å². The second kappa shape index (κ2) is 9.37. The fraction of sp³-hybridized carbons (Fsp3) is 0.500. The van der Waals surface area contributed by atoms with Crippen LogP contribution in [-0.4, -0.2) is 37.0 Å². The van der Waals surface area contributed by atoms with Crippen molar-refractivity contribution in [2.45, 2.75) is 31.8 Å². The van der Waals surface area contributed by atoms with Crippen LogP contribution in [0.5, 0.6) is 5.75 Å². The van der Waals surface area contributed by atoms with Crippen molar-refractivity contribution in [3.63, 3.8) is 0 Å². The molecular weight excluding hydrogens is 318 g/mol. The van der Waals surface area contributed by atoms with Gasteiger partial charge in [0.15, 0.2) is 6.61 Å². The van der Waals surface area contributed by atoms with Gasteiger partial charge in [-0.05, 0) is 37.8 Å². The lowest BCUT2D eigenvalue weighted by Crippen LogP contribution is -2.49. The molecule has 1 fully saturated rings. The molecule has 1 aliphatic rings. The molecule has 4 N–H and O–H groups in total. The van der Waals surface area contributed by atoms with Gasteiger partial charge in [-0.1, -0.05) is 18.2 Å². The lowest BCUT2D eigenvalue weighted by molar-refractivity contribution is -0.129. The molecule has 1 aromatic carbocycles. The summed E-state index contributed by atoms with van der Waals surface area (Å²) in [5.74, 6) is 0.580. The quantitative estimate of drug-likeness (QED) is 0.653. The average molecular weight is 342 g/mol. The Labute approximate surface area is 142 Å². The van der Waals surface area contributed by atoms with Crippen molar-refractivity contribution in [3.05, 3.63) is 30.3 Å². The summed E-state index contributed by atoms with van der Waals surface area (Å²) in [5.41, 5.74) is 5.92. The molecule has 1 aliphatic carbocycles. The molecule has 0 radical (unpaired) electrons. The minimum atomic E-state index is -0.613. The zero-order valence-corrected chi connectivity index (χ0v) is 14.0. The van der Waals surface area contributed by atoms with Gasteiger partial charge in [0.25, 0.3) is 5.91 Å². The number of amides is 2. The van der Waals surface area contributed by atoms with Crippen LogP contribution in [0.4, 0.5) is 0 Å². The highest BCUT2D eigenvalue weighted by molar-refractivity contribution is 5.87. The summed E-state index contributed by atoms with van der Waals surface area (Å²) in [4.78, 5) is 23.6. The van der Waals surface area contributed by atoms with E-state index in [1.54, 1.807) is 19.1 Å². The van der Waals surface area contributed by atoms with E-state index in [9.17, 15) is 9.59 Å². The molecular formula is C16H24ClN3O3. The van der Waals surface area contributed by atoms with Crippen molar-refractivity contribution >= 4 is 24.2 Å². The van der Waals surface area contributed by atoms with Crippen molar-refractivity contribution in [1.82, 2.24) is 10.6 Å². The van der Waals surface area contributed by atoms with Crippen LogP contribution in [0.25, 0.3) is 0 Å². The molecule has 128 valence electrons. The second-order valence-corrected chi connectivity index (χ2v) is 5.64. The van der Waals surface area contributed by atoms with Crippen LogP contribution in [0, 0.1) is 5.92 Å². The summed E-state index contributed by atoms with van der Waals surface area (Å²) in [6.07, 6.45) is 2.28. The van der Waals surface area contributed by atoms with Crippen LogP contribution in [0.3, 0.4) is 0 Å². The Morgan fingerprint density at radius 2 is 1.96 bits per heavy atom. The van der Waals surface area contributed by atoms with Gasteiger partial charge >= 0.3 is 0 Å². The minimum Gasteiger partial charge on any atom is -0.484 e. The lowest BCUT2D eigenvalue weighted by atomic mass is 10.2. The molecule has 2 rings (SSSR count). The summed E-state index contributed by atoms with van der Waals surface area (Å²) in [6.45, 7) is 1.96. The Hall–Kier alpha value is -1.79. The third-order valence-electron chi connectivity index (χ3n) is 3.62. The van der Waals surface area contributed by atoms with Crippen LogP contribution in [-0.2, 0) is 9.59 Å². The van der Waals surface area contributed by atoms with E-state index in [1.165, 1.54) is 0 Å². The zero-order chi connectivity index (χ0) is 15.9. The zero-order valence-electron chi connectivity index (χ0n) is 13.2. The van der Waals surface area contributed by atoms with Gasteiger partial charge in [-0.15, -0.1) is 12.4 Å². The Bertz CT molecular complexity index is 509. The Kier molecular flexibility index (Phi) is 7.85. The highest BCUT2D eigenvalue weighted by atomic mass is 35.5. The number of hydrogen-bond donors (Lipinski definition) is 3. The van der Waals surface area contributed by atoms with Crippen LogP contribution in [0.1, 0.15) is 19.8 Å². The maximum Gasteiger partial charge on any atom is 0.258 e. The van der Waals surface area contributed by atoms with Gasteiger partial charge in [0, 0.05) is 12.6 Å². The molecule has 2 amide bonds. The first-order valence-corrected chi connectivity index (χ1v) is 7.56. The predicted molar refractivity (Wildman–Crippen MR) is 90.5 cm³/mol. The molecule has 2 unspecified atom stereocenters. The SMILES string of the molecule is CC(NC(=O)COc1ccccc1)C(=O)NCC(N)C1CC1.Cl. The minimum absolute atomic E-state index is 0. The molecule has 0 aliphatic heterocycles. The molecule has 1 aromatic rings. The van der Waals surface area contributed by atoms with Gasteiger partial charge in [0.2, 0.25) is 5.91 Å². The number of hydrogen-bond acceptors (Lipinski definition) is 4. The summed E-state index contributed by atoms with van der Waals surface area (Å²) in [5, 5.41) is 5.36. The van der Waals surface area contributed by atoms with Crippen LogP contribution < -0.4 is 21.1 Å². The molecule has 1 saturated carbocycles. The number of nitrogens with two attached hydrogens (primary N) is 1. The lowest BCUT2D eigenvalue weighted by Gasteiger charge is -2.16. The number of nitrogens with one attached hydrogen (secondary N) is 2. The van der Waals surface area contributed by atoms with E-state index in [4.69, 9.17) is 10.5 Å². The van der Waals surface area contributed by atoms with Crippen molar-refractivity contribution < 1.29 is 14.3 Å². The summed E-state index contributed by atoms with van der Waals surface area (Å²) in [6, 6.07) is 8.45. The normalized spacial score (nSPS) is 15.7. The first-order valence-electron chi connectivity index (χ1n) is 7.56. The van der Waals surface area contributed by atoms with Crippen LogP contribution in [0.2, 0.25) is 0 Å². The monoisotopic (exact) mass is 341 g/mol. The van der Waals surface area contributed by atoms with Crippen LogP contribution >= 0.6 is 12.4 Å². The van der Waals surface area contributed by atoms with Crippen molar-refractivity contribution in [1.29, 1.82) is 0 Å². The van der Waals surface area contributed by atoms with E-state index >= 15 is 0 Å². The third-order valence-corrected chi connectivity index (χ3v) is 3.62. The number of rotatable bonds is 8. The average Bonchev–Trinajstić information content (AvgIpc) is 3.36. The van der Waals surface area contributed by atoms with E-state index in [-0.39, 0.29) is 36.9 Å². The number of carbonyl (C=O) groups excluding carboxylic acids is 2. The molecule has 7 heteroatoms.